The van der Waals surface area contributed by atoms with Crippen LogP contribution in [0.5, 0.6) is 0 Å². The van der Waals surface area contributed by atoms with Crippen LogP contribution in [0, 0.1) is 5.92 Å². The lowest BCUT2D eigenvalue weighted by atomic mass is 9.91. The molecule has 0 amide bonds. The Kier molecular flexibility index (Phi) is 6.09. The quantitative estimate of drug-likeness (QED) is 0.761. The van der Waals surface area contributed by atoms with Gasteiger partial charge in [-0.25, -0.2) is 0 Å². The standard InChI is InChI=1S/C14H23NO/c1-3-5-7-12(4-2)10-14(16)13-8-6-9-15-11-13/h6,8-9,11-12,14,16H,3-5,7,10H2,1-2H3. The summed E-state index contributed by atoms with van der Waals surface area (Å²) >= 11 is 0. The average Bonchev–Trinajstić information content (AvgIpc) is 2.35. The summed E-state index contributed by atoms with van der Waals surface area (Å²) in [7, 11) is 0. The average molecular weight is 221 g/mol. The molecule has 0 radical (unpaired) electrons. The number of aromatic nitrogens is 1. The summed E-state index contributed by atoms with van der Waals surface area (Å²) in [4.78, 5) is 4.04. The molecule has 0 aliphatic carbocycles. The van der Waals surface area contributed by atoms with Crippen LogP contribution in [0.3, 0.4) is 0 Å². The van der Waals surface area contributed by atoms with Gasteiger partial charge in [0, 0.05) is 12.4 Å². The van der Waals surface area contributed by atoms with E-state index in [1.165, 1.54) is 19.3 Å². The van der Waals surface area contributed by atoms with Crippen LogP contribution < -0.4 is 0 Å². The minimum Gasteiger partial charge on any atom is -0.388 e. The fraction of sp³-hybridized carbons (Fsp3) is 0.643. The van der Waals surface area contributed by atoms with Crippen LogP contribution >= 0.6 is 0 Å². The smallest absolute Gasteiger partial charge is 0.0807 e. The van der Waals surface area contributed by atoms with Gasteiger partial charge in [-0.1, -0.05) is 45.6 Å². The van der Waals surface area contributed by atoms with Crippen LogP contribution in [0.2, 0.25) is 0 Å². The Balaban J connectivity index is 2.45. The largest absolute Gasteiger partial charge is 0.388 e. The maximum Gasteiger partial charge on any atom is 0.0807 e. The van der Waals surface area contributed by atoms with Gasteiger partial charge in [-0.2, -0.15) is 0 Å². The van der Waals surface area contributed by atoms with E-state index in [2.05, 4.69) is 18.8 Å². The Morgan fingerprint density at radius 2 is 2.19 bits per heavy atom. The van der Waals surface area contributed by atoms with Crippen molar-refractivity contribution in [2.24, 2.45) is 5.92 Å². The number of pyridine rings is 1. The van der Waals surface area contributed by atoms with Crippen molar-refractivity contribution in [3.63, 3.8) is 0 Å². The van der Waals surface area contributed by atoms with E-state index >= 15 is 0 Å². The molecule has 0 bridgehead atoms. The number of hydrogen-bond acceptors (Lipinski definition) is 2. The van der Waals surface area contributed by atoms with Gasteiger partial charge in [0.05, 0.1) is 6.10 Å². The van der Waals surface area contributed by atoms with Gasteiger partial charge in [-0.15, -0.1) is 0 Å². The van der Waals surface area contributed by atoms with E-state index in [1.54, 1.807) is 12.4 Å². The molecule has 2 unspecified atom stereocenters. The second-order valence-electron chi connectivity index (χ2n) is 4.45. The summed E-state index contributed by atoms with van der Waals surface area (Å²) in [6.45, 7) is 4.42. The second-order valence-corrected chi connectivity index (χ2v) is 4.45. The zero-order valence-electron chi connectivity index (χ0n) is 10.4. The topological polar surface area (TPSA) is 33.1 Å². The predicted octanol–water partition coefficient (Wildman–Crippen LogP) is 3.72. The maximum absolute atomic E-state index is 10.1. The fourth-order valence-electron chi connectivity index (χ4n) is 2.01. The van der Waals surface area contributed by atoms with Gasteiger partial charge in [0.1, 0.15) is 0 Å². The SMILES string of the molecule is CCCCC(CC)CC(O)c1cccnc1. The minimum absolute atomic E-state index is 0.351. The van der Waals surface area contributed by atoms with Gasteiger partial charge < -0.3 is 5.11 Å². The van der Waals surface area contributed by atoms with Crippen LogP contribution in [0.1, 0.15) is 57.6 Å². The molecule has 0 saturated heterocycles. The summed E-state index contributed by atoms with van der Waals surface area (Å²) < 4.78 is 0. The molecule has 1 aromatic rings. The third-order valence-electron chi connectivity index (χ3n) is 3.17. The number of nitrogens with zero attached hydrogens (tertiary/aromatic N) is 1. The molecule has 0 spiro atoms. The third-order valence-corrected chi connectivity index (χ3v) is 3.17. The first kappa shape index (κ1) is 13.2. The summed E-state index contributed by atoms with van der Waals surface area (Å²) in [5, 5.41) is 10.1. The Labute approximate surface area is 98.7 Å². The predicted molar refractivity (Wildman–Crippen MR) is 67.1 cm³/mol. The first-order chi connectivity index (χ1) is 7.77. The highest BCUT2D eigenvalue weighted by Crippen LogP contribution is 2.25. The Bertz CT molecular complexity index is 273. The van der Waals surface area contributed by atoms with Gasteiger partial charge >= 0.3 is 0 Å². The van der Waals surface area contributed by atoms with Crippen LogP contribution in [-0.4, -0.2) is 10.1 Å². The molecule has 90 valence electrons. The second kappa shape index (κ2) is 7.39. The Morgan fingerprint density at radius 1 is 1.38 bits per heavy atom. The van der Waals surface area contributed by atoms with Crippen LogP contribution in [0.4, 0.5) is 0 Å². The normalized spacial score (nSPS) is 14.7. The molecule has 2 heteroatoms. The van der Waals surface area contributed by atoms with Crippen LogP contribution in [-0.2, 0) is 0 Å². The first-order valence-electron chi connectivity index (χ1n) is 6.35. The fourth-order valence-corrected chi connectivity index (χ4v) is 2.01. The summed E-state index contributed by atoms with van der Waals surface area (Å²) in [6.07, 6.45) is 8.89. The summed E-state index contributed by atoms with van der Waals surface area (Å²) in [6, 6.07) is 3.83. The van der Waals surface area contributed by atoms with Crippen molar-refractivity contribution in [3.05, 3.63) is 30.1 Å². The Hall–Kier alpha value is -0.890. The van der Waals surface area contributed by atoms with Crippen molar-refractivity contribution in [1.29, 1.82) is 0 Å². The van der Waals surface area contributed by atoms with E-state index in [-0.39, 0.29) is 6.10 Å². The molecule has 0 fully saturated rings. The highest BCUT2D eigenvalue weighted by atomic mass is 16.3. The van der Waals surface area contributed by atoms with E-state index in [4.69, 9.17) is 0 Å². The van der Waals surface area contributed by atoms with Crippen molar-refractivity contribution >= 4 is 0 Å². The van der Waals surface area contributed by atoms with Gasteiger partial charge in [-0.05, 0) is 24.0 Å². The van der Waals surface area contributed by atoms with Gasteiger partial charge in [0.25, 0.3) is 0 Å². The van der Waals surface area contributed by atoms with E-state index < -0.39 is 0 Å². The molecule has 2 atom stereocenters. The van der Waals surface area contributed by atoms with Crippen molar-refractivity contribution in [1.82, 2.24) is 4.98 Å². The van der Waals surface area contributed by atoms with Gasteiger partial charge in [0.2, 0.25) is 0 Å². The molecule has 2 nitrogen and oxygen atoms in total. The van der Waals surface area contributed by atoms with E-state index in [1.807, 2.05) is 12.1 Å². The molecular formula is C14H23NO. The van der Waals surface area contributed by atoms with Crippen LogP contribution in [0.15, 0.2) is 24.5 Å². The van der Waals surface area contributed by atoms with E-state index in [0.717, 1.165) is 18.4 Å². The third kappa shape index (κ3) is 4.31. The molecule has 0 saturated carbocycles. The van der Waals surface area contributed by atoms with E-state index in [0.29, 0.717) is 5.92 Å². The molecule has 1 heterocycles. The van der Waals surface area contributed by atoms with Gasteiger partial charge in [-0.3, -0.25) is 4.98 Å². The number of rotatable bonds is 7. The first-order valence-corrected chi connectivity index (χ1v) is 6.35. The molecule has 0 aliphatic heterocycles. The molecule has 0 aromatic carbocycles. The molecular weight excluding hydrogens is 198 g/mol. The number of aliphatic hydroxyl groups is 1. The molecule has 16 heavy (non-hydrogen) atoms. The monoisotopic (exact) mass is 221 g/mol. The van der Waals surface area contributed by atoms with E-state index in [9.17, 15) is 5.11 Å². The van der Waals surface area contributed by atoms with Gasteiger partial charge in [0.15, 0.2) is 0 Å². The number of unbranched alkanes of at least 4 members (excludes halogenated alkanes) is 1. The van der Waals surface area contributed by atoms with Crippen molar-refractivity contribution in [2.75, 3.05) is 0 Å². The zero-order chi connectivity index (χ0) is 11.8. The highest BCUT2D eigenvalue weighted by Gasteiger charge is 2.14. The molecule has 1 aromatic heterocycles. The molecule has 0 aliphatic rings. The van der Waals surface area contributed by atoms with Crippen molar-refractivity contribution in [2.45, 2.75) is 52.1 Å². The summed E-state index contributed by atoms with van der Waals surface area (Å²) in [5.41, 5.74) is 0.942. The van der Waals surface area contributed by atoms with Crippen molar-refractivity contribution < 1.29 is 5.11 Å². The summed E-state index contributed by atoms with van der Waals surface area (Å²) in [5.74, 6) is 0.634. The lowest BCUT2D eigenvalue weighted by molar-refractivity contribution is 0.138. The highest BCUT2D eigenvalue weighted by molar-refractivity contribution is 5.11. The maximum atomic E-state index is 10.1. The minimum atomic E-state index is -0.351. The van der Waals surface area contributed by atoms with Crippen molar-refractivity contribution in [3.8, 4) is 0 Å². The lowest BCUT2D eigenvalue weighted by Crippen LogP contribution is -2.07. The molecule has 1 N–H and O–H groups in total. The zero-order valence-corrected chi connectivity index (χ0v) is 10.4. The lowest BCUT2D eigenvalue weighted by Gasteiger charge is -2.18. The number of hydrogen-bond donors (Lipinski definition) is 1. The molecule has 1 rings (SSSR count). The van der Waals surface area contributed by atoms with Crippen LogP contribution in [0.25, 0.3) is 0 Å². The Morgan fingerprint density at radius 3 is 2.75 bits per heavy atom. The number of aliphatic hydroxyl groups excluding tert-OH is 1.